The molecule has 1 aliphatic heterocycles. The summed E-state index contributed by atoms with van der Waals surface area (Å²) < 4.78 is 16.5. The molecule has 3 rings (SSSR count). The molecule has 0 spiro atoms. The molecule has 140 valence electrons. The molecule has 0 unspecified atom stereocenters. The maximum absolute atomic E-state index is 14.9. The van der Waals surface area contributed by atoms with Crippen LogP contribution >= 0.6 is 0 Å². The summed E-state index contributed by atoms with van der Waals surface area (Å²) in [6.45, 7) is 1.96. The average molecular weight is 361 g/mol. The van der Waals surface area contributed by atoms with Gasteiger partial charge in [0.2, 0.25) is 0 Å². The molecule has 2 N–H and O–H groups in total. The van der Waals surface area contributed by atoms with E-state index in [1.165, 1.54) is 18.0 Å². The van der Waals surface area contributed by atoms with Crippen LogP contribution in [0.15, 0.2) is 12.1 Å². The Morgan fingerprint density at radius 2 is 2.19 bits per heavy atom. The van der Waals surface area contributed by atoms with Crippen LogP contribution in [0.4, 0.5) is 15.0 Å². The first kappa shape index (κ1) is 18.3. The molecule has 0 saturated carbocycles. The van der Waals surface area contributed by atoms with E-state index >= 15 is 0 Å². The van der Waals surface area contributed by atoms with Gasteiger partial charge in [0, 0.05) is 32.4 Å². The minimum absolute atomic E-state index is 0.182. The summed E-state index contributed by atoms with van der Waals surface area (Å²) >= 11 is 0. The number of carbonyl (C=O) groups is 2. The number of aryl methyl sites for hydroxylation is 1. The van der Waals surface area contributed by atoms with Gasteiger partial charge in [0.1, 0.15) is 12.1 Å². The van der Waals surface area contributed by atoms with Crippen LogP contribution in [0.3, 0.4) is 0 Å². The number of aldehydes is 1. The summed E-state index contributed by atoms with van der Waals surface area (Å²) in [7, 11) is 3.29. The number of carbonyl (C=O) groups excluding carboxylic acids is 2. The fourth-order valence-electron chi connectivity index (χ4n) is 3.54. The molecule has 1 fully saturated rings. The molecule has 0 bridgehead atoms. The van der Waals surface area contributed by atoms with E-state index < -0.39 is 0 Å². The first-order valence-corrected chi connectivity index (χ1v) is 8.86. The third kappa shape index (κ3) is 3.41. The van der Waals surface area contributed by atoms with Crippen LogP contribution < -0.4 is 15.5 Å². The number of piperidine rings is 1. The lowest BCUT2D eigenvalue weighted by molar-refractivity contribution is -0.107. The lowest BCUT2D eigenvalue weighted by atomic mass is 9.89. The number of urea groups is 1. The summed E-state index contributed by atoms with van der Waals surface area (Å²) in [6.07, 6.45) is 2.73. The topological polar surface area (TPSA) is 79.3 Å². The summed E-state index contributed by atoms with van der Waals surface area (Å²) in [5.41, 5.74) is 1.47. The van der Waals surface area contributed by atoms with Crippen LogP contribution in [0, 0.1) is 5.82 Å². The van der Waals surface area contributed by atoms with Gasteiger partial charge in [-0.25, -0.2) is 9.18 Å². The predicted molar refractivity (Wildman–Crippen MR) is 98.0 cm³/mol. The van der Waals surface area contributed by atoms with Gasteiger partial charge in [0.25, 0.3) is 0 Å². The largest absolute Gasteiger partial charge is 0.341 e. The number of benzene rings is 1. The third-order valence-corrected chi connectivity index (χ3v) is 4.91. The van der Waals surface area contributed by atoms with Crippen molar-refractivity contribution in [3.05, 3.63) is 23.5 Å². The Hall–Kier alpha value is -2.48. The normalized spacial score (nSPS) is 15.2. The van der Waals surface area contributed by atoms with E-state index in [4.69, 9.17) is 0 Å². The van der Waals surface area contributed by atoms with Gasteiger partial charge in [0.15, 0.2) is 5.82 Å². The average Bonchev–Trinajstić information content (AvgIpc) is 2.97. The lowest BCUT2D eigenvalue weighted by Crippen LogP contribution is -2.39. The summed E-state index contributed by atoms with van der Waals surface area (Å²) in [6, 6.07) is 2.93. The molecule has 2 aromatic rings. The van der Waals surface area contributed by atoms with Crippen molar-refractivity contribution in [3.8, 4) is 0 Å². The number of hydrogen-bond acceptors (Lipinski definition) is 4. The highest BCUT2D eigenvalue weighted by Gasteiger charge is 2.25. The molecule has 1 aromatic heterocycles. The lowest BCUT2D eigenvalue weighted by Gasteiger charge is -2.23. The Bertz CT molecular complexity index is 814. The highest BCUT2D eigenvalue weighted by atomic mass is 19.1. The standard InChI is InChI=1S/C18H24FN5O2/c1-20-18(26)24(8-3-9-25)17-14-10-15(19)13(11-16(14)23(2)22-17)12-4-6-21-7-5-12/h9-12,21H,3-8H2,1-2H3,(H,20,26). The molecule has 2 heterocycles. The van der Waals surface area contributed by atoms with E-state index in [-0.39, 0.29) is 30.7 Å². The number of aromatic nitrogens is 2. The highest BCUT2D eigenvalue weighted by molar-refractivity contribution is 6.01. The fraction of sp³-hybridized carbons (Fsp3) is 0.500. The number of halogens is 1. The minimum atomic E-state index is -0.380. The first-order valence-electron chi connectivity index (χ1n) is 8.86. The van der Waals surface area contributed by atoms with E-state index in [1.807, 2.05) is 6.07 Å². The monoisotopic (exact) mass is 361 g/mol. The van der Waals surface area contributed by atoms with Crippen LogP contribution in [0.2, 0.25) is 0 Å². The quantitative estimate of drug-likeness (QED) is 0.798. The van der Waals surface area contributed by atoms with Crippen molar-refractivity contribution in [2.45, 2.75) is 25.2 Å². The number of nitrogens with zero attached hydrogens (tertiary/aromatic N) is 3. The molecule has 2 amide bonds. The van der Waals surface area contributed by atoms with Crippen molar-refractivity contribution >= 4 is 29.0 Å². The van der Waals surface area contributed by atoms with Crippen LogP contribution in [-0.4, -0.2) is 48.8 Å². The van der Waals surface area contributed by atoms with Crippen LogP contribution in [0.5, 0.6) is 0 Å². The molecular formula is C18H24FN5O2. The molecule has 1 saturated heterocycles. The van der Waals surface area contributed by atoms with E-state index in [2.05, 4.69) is 15.7 Å². The molecule has 8 heteroatoms. The van der Waals surface area contributed by atoms with Crippen molar-refractivity contribution < 1.29 is 14.0 Å². The molecule has 1 aliphatic rings. The molecule has 7 nitrogen and oxygen atoms in total. The van der Waals surface area contributed by atoms with Crippen molar-refractivity contribution in [2.75, 3.05) is 31.6 Å². The van der Waals surface area contributed by atoms with Gasteiger partial charge >= 0.3 is 6.03 Å². The third-order valence-electron chi connectivity index (χ3n) is 4.91. The Labute approximate surface area is 151 Å². The molecule has 0 aliphatic carbocycles. The molecule has 0 radical (unpaired) electrons. The second-order valence-corrected chi connectivity index (χ2v) is 6.52. The van der Waals surface area contributed by atoms with Crippen molar-refractivity contribution in [2.24, 2.45) is 7.05 Å². The van der Waals surface area contributed by atoms with E-state index in [0.29, 0.717) is 16.8 Å². The van der Waals surface area contributed by atoms with E-state index in [9.17, 15) is 14.0 Å². The molecule has 26 heavy (non-hydrogen) atoms. The number of anilines is 1. The smallest absolute Gasteiger partial charge is 0.322 e. The maximum atomic E-state index is 14.9. The SMILES string of the molecule is CNC(=O)N(CCC=O)c1nn(C)c2cc(C3CCNCC3)c(F)cc12. The van der Waals surface area contributed by atoms with Crippen LogP contribution in [-0.2, 0) is 11.8 Å². The predicted octanol–water partition coefficient (Wildman–Crippen LogP) is 1.91. The Kier molecular flexibility index (Phi) is 5.51. The number of rotatable bonds is 5. The summed E-state index contributed by atoms with van der Waals surface area (Å²) in [5, 5.41) is 10.8. The zero-order valence-electron chi connectivity index (χ0n) is 15.1. The number of hydrogen-bond donors (Lipinski definition) is 2. The van der Waals surface area contributed by atoms with Crippen LogP contribution in [0.1, 0.15) is 30.7 Å². The summed E-state index contributed by atoms with van der Waals surface area (Å²) in [5.74, 6) is 0.273. The van der Waals surface area contributed by atoms with Crippen LogP contribution in [0.25, 0.3) is 10.9 Å². The Balaban J connectivity index is 2.06. The molecule has 0 atom stereocenters. The zero-order chi connectivity index (χ0) is 18.7. The number of nitrogens with one attached hydrogen (secondary N) is 2. The Morgan fingerprint density at radius 3 is 2.85 bits per heavy atom. The molecular weight excluding hydrogens is 337 g/mol. The van der Waals surface area contributed by atoms with Gasteiger partial charge in [-0.05, 0) is 49.5 Å². The van der Waals surface area contributed by atoms with Gasteiger partial charge in [-0.15, -0.1) is 0 Å². The highest BCUT2D eigenvalue weighted by Crippen LogP contribution is 2.34. The number of fused-ring (bicyclic) bond motifs is 1. The number of amides is 2. The van der Waals surface area contributed by atoms with Gasteiger partial charge in [-0.3, -0.25) is 9.58 Å². The second kappa shape index (κ2) is 7.82. The first-order chi connectivity index (χ1) is 12.6. The molecule has 1 aromatic carbocycles. The summed E-state index contributed by atoms with van der Waals surface area (Å²) in [4.78, 5) is 24.3. The van der Waals surface area contributed by atoms with E-state index in [0.717, 1.165) is 37.7 Å². The van der Waals surface area contributed by atoms with Gasteiger partial charge < -0.3 is 15.4 Å². The van der Waals surface area contributed by atoms with Crippen molar-refractivity contribution in [1.82, 2.24) is 20.4 Å². The zero-order valence-corrected chi connectivity index (χ0v) is 15.1. The van der Waals surface area contributed by atoms with Gasteiger partial charge in [0.05, 0.1) is 5.52 Å². The minimum Gasteiger partial charge on any atom is -0.341 e. The van der Waals surface area contributed by atoms with Crippen molar-refractivity contribution in [3.63, 3.8) is 0 Å². The second-order valence-electron chi connectivity index (χ2n) is 6.52. The maximum Gasteiger partial charge on any atom is 0.322 e. The van der Waals surface area contributed by atoms with Crippen molar-refractivity contribution in [1.29, 1.82) is 0 Å². The van der Waals surface area contributed by atoms with Gasteiger partial charge in [-0.1, -0.05) is 0 Å². The van der Waals surface area contributed by atoms with E-state index in [1.54, 1.807) is 11.7 Å². The fourth-order valence-corrected chi connectivity index (χ4v) is 3.54. The van der Waals surface area contributed by atoms with Gasteiger partial charge in [-0.2, -0.15) is 5.10 Å². The Morgan fingerprint density at radius 1 is 1.46 bits per heavy atom.